The highest BCUT2D eigenvalue weighted by Crippen LogP contribution is 2.17. The Morgan fingerprint density at radius 2 is 2.11 bits per heavy atom. The molecular formula is C21H22N4O3. The Morgan fingerprint density at radius 1 is 1.21 bits per heavy atom. The van der Waals surface area contributed by atoms with E-state index in [1.807, 2.05) is 24.4 Å². The van der Waals surface area contributed by atoms with E-state index in [1.165, 1.54) is 0 Å². The number of rotatable bonds is 7. The topological polar surface area (TPSA) is 78.3 Å². The van der Waals surface area contributed by atoms with Crippen LogP contribution in [0.4, 0.5) is 5.82 Å². The second-order valence-corrected chi connectivity index (χ2v) is 6.64. The van der Waals surface area contributed by atoms with Gasteiger partial charge in [-0.05, 0) is 49.2 Å². The average molecular weight is 378 g/mol. The third-order valence-electron chi connectivity index (χ3n) is 4.51. The number of pyridine rings is 1. The molecule has 2 aromatic heterocycles. The molecule has 1 N–H and O–H groups in total. The molecule has 1 atom stereocenters. The molecule has 1 aliphatic heterocycles. The third kappa shape index (κ3) is 4.75. The fourth-order valence-electron chi connectivity index (χ4n) is 3.03. The van der Waals surface area contributed by atoms with Crippen molar-refractivity contribution in [1.29, 1.82) is 0 Å². The largest absolute Gasteiger partial charge is 0.491 e. The fourth-order valence-corrected chi connectivity index (χ4v) is 3.03. The lowest BCUT2D eigenvalue weighted by atomic mass is 10.2. The number of ether oxygens (including phenoxy) is 2. The summed E-state index contributed by atoms with van der Waals surface area (Å²) in [4.78, 5) is 16.7. The first-order valence-electron chi connectivity index (χ1n) is 9.35. The van der Waals surface area contributed by atoms with E-state index < -0.39 is 0 Å². The van der Waals surface area contributed by atoms with Gasteiger partial charge in [0.15, 0.2) is 5.82 Å². The minimum atomic E-state index is -0.214. The molecule has 0 aliphatic carbocycles. The first kappa shape index (κ1) is 18.2. The summed E-state index contributed by atoms with van der Waals surface area (Å²) in [5.41, 5.74) is 1.45. The molecule has 1 unspecified atom stereocenters. The van der Waals surface area contributed by atoms with E-state index in [2.05, 4.69) is 15.4 Å². The molecule has 1 aliphatic rings. The Morgan fingerprint density at radius 3 is 2.86 bits per heavy atom. The molecule has 7 nitrogen and oxygen atoms in total. The molecule has 1 fully saturated rings. The van der Waals surface area contributed by atoms with Crippen molar-refractivity contribution in [3.8, 4) is 5.75 Å². The number of carbonyl (C=O) groups excluding carboxylic acids is 1. The first-order valence-corrected chi connectivity index (χ1v) is 9.35. The van der Waals surface area contributed by atoms with E-state index >= 15 is 0 Å². The highest BCUT2D eigenvalue weighted by atomic mass is 16.5. The van der Waals surface area contributed by atoms with Crippen molar-refractivity contribution >= 4 is 11.7 Å². The lowest BCUT2D eigenvalue weighted by Gasteiger charge is -2.11. The Bertz CT molecular complexity index is 903. The molecule has 7 heteroatoms. The lowest BCUT2D eigenvalue weighted by molar-refractivity contribution is 0.0679. The fraction of sp³-hybridized carbons (Fsp3) is 0.286. The van der Waals surface area contributed by atoms with Crippen LogP contribution in [-0.4, -0.2) is 40.0 Å². The number of nitrogens with zero attached hydrogens (tertiary/aromatic N) is 3. The van der Waals surface area contributed by atoms with Gasteiger partial charge in [0.1, 0.15) is 12.4 Å². The van der Waals surface area contributed by atoms with Crippen molar-refractivity contribution in [3.05, 3.63) is 72.2 Å². The van der Waals surface area contributed by atoms with Crippen LogP contribution >= 0.6 is 0 Å². The second-order valence-electron chi connectivity index (χ2n) is 6.64. The van der Waals surface area contributed by atoms with E-state index in [-0.39, 0.29) is 12.0 Å². The zero-order valence-corrected chi connectivity index (χ0v) is 15.5. The molecule has 4 rings (SSSR count). The van der Waals surface area contributed by atoms with E-state index in [4.69, 9.17) is 9.47 Å². The molecule has 28 heavy (non-hydrogen) atoms. The van der Waals surface area contributed by atoms with Gasteiger partial charge in [-0.3, -0.25) is 14.5 Å². The minimum Gasteiger partial charge on any atom is -0.491 e. The van der Waals surface area contributed by atoms with Gasteiger partial charge in [-0.1, -0.05) is 6.07 Å². The van der Waals surface area contributed by atoms with Crippen LogP contribution in [0.1, 0.15) is 28.9 Å². The van der Waals surface area contributed by atoms with Gasteiger partial charge in [0, 0.05) is 30.6 Å². The second kappa shape index (κ2) is 8.67. The molecule has 1 amide bonds. The van der Waals surface area contributed by atoms with Crippen LogP contribution in [0, 0.1) is 0 Å². The van der Waals surface area contributed by atoms with Crippen LogP contribution in [0.2, 0.25) is 0 Å². The molecule has 144 valence electrons. The van der Waals surface area contributed by atoms with Gasteiger partial charge in [0.25, 0.3) is 5.91 Å². The summed E-state index contributed by atoms with van der Waals surface area (Å²) in [6, 6.07) is 14.6. The van der Waals surface area contributed by atoms with Crippen molar-refractivity contribution in [2.45, 2.75) is 25.5 Å². The zero-order chi connectivity index (χ0) is 19.2. The summed E-state index contributed by atoms with van der Waals surface area (Å²) in [5, 5.41) is 7.18. The van der Waals surface area contributed by atoms with Crippen molar-refractivity contribution < 1.29 is 14.3 Å². The number of aromatic nitrogens is 3. The average Bonchev–Trinajstić information content (AvgIpc) is 3.40. The summed E-state index contributed by atoms with van der Waals surface area (Å²) in [6.07, 6.45) is 5.85. The van der Waals surface area contributed by atoms with Crippen LogP contribution in [0.3, 0.4) is 0 Å². The van der Waals surface area contributed by atoms with Gasteiger partial charge >= 0.3 is 0 Å². The maximum absolute atomic E-state index is 12.4. The highest BCUT2D eigenvalue weighted by Gasteiger charge is 2.16. The Labute approximate surface area is 163 Å². The summed E-state index contributed by atoms with van der Waals surface area (Å²) < 4.78 is 13.0. The minimum absolute atomic E-state index is 0.171. The van der Waals surface area contributed by atoms with Crippen molar-refractivity contribution in [3.63, 3.8) is 0 Å². The van der Waals surface area contributed by atoms with E-state index in [0.717, 1.165) is 30.9 Å². The monoisotopic (exact) mass is 378 g/mol. The standard InChI is InChI=1S/C21H22N4O3/c26-21(16-6-8-18(9-7-16)28-15-19-5-3-13-27-19)23-20-10-12-25(24-20)14-17-4-1-2-11-22-17/h1-2,4,6-12,19H,3,5,13-15H2,(H,23,24,26). The van der Waals surface area contributed by atoms with Crippen LogP contribution < -0.4 is 10.1 Å². The number of nitrogens with one attached hydrogen (secondary N) is 1. The molecule has 1 aromatic carbocycles. The first-order chi connectivity index (χ1) is 13.8. The van der Waals surface area contributed by atoms with E-state index in [9.17, 15) is 4.79 Å². The molecule has 1 saturated heterocycles. The van der Waals surface area contributed by atoms with Crippen LogP contribution in [0.25, 0.3) is 0 Å². The summed E-state index contributed by atoms with van der Waals surface area (Å²) in [7, 11) is 0. The maximum atomic E-state index is 12.4. The molecule has 3 aromatic rings. The van der Waals surface area contributed by atoms with Gasteiger partial charge in [0.2, 0.25) is 0 Å². The number of anilines is 1. The van der Waals surface area contributed by atoms with Gasteiger partial charge in [-0.15, -0.1) is 0 Å². The smallest absolute Gasteiger partial charge is 0.256 e. The quantitative estimate of drug-likeness (QED) is 0.683. The molecule has 0 spiro atoms. The van der Waals surface area contributed by atoms with Crippen molar-refractivity contribution in [2.24, 2.45) is 0 Å². The predicted octanol–water partition coefficient (Wildman–Crippen LogP) is 3.14. The lowest BCUT2D eigenvalue weighted by Crippen LogP contribution is -2.16. The Hall–Kier alpha value is -3.19. The molecular weight excluding hydrogens is 356 g/mol. The third-order valence-corrected chi connectivity index (χ3v) is 4.51. The van der Waals surface area contributed by atoms with E-state index in [0.29, 0.717) is 24.5 Å². The SMILES string of the molecule is O=C(Nc1ccn(Cc2ccccn2)n1)c1ccc(OCC2CCCO2)cc1. The van der Waals surface area contributed by atoms with Gasteiger partial charge < -0.3 is 14.8 Å². The number of carbonyl (C=O) groups is 1. The summed E-state index contributed by atoms with van der Waals surface area (Å²) >= 11 is 0. The van der Waals surface area contributed by atoms with Crippen LogP contribution in [-0.2, 0) is 11.3 Å². The number of benzene rings is 1. The zero-order valence-electron chi connectivity index (χ0n) is 15.5. The predicted molar refractivity (Wildman–Crippen MR) is 104 cm³/mol. The summed E-state index contributed by atoms with van der Waals surface area (Å²) in [6.45, 7) is 1.90. The van der Waals surface area contributed by atoms with E-state index in [1.54, 1.807) is 41.2 Å². The number of hydrogen-bond acceptors (Lipinski definition) is 5. The van der Waals surface area contributed by atoms with Gasteiger partial charge in [0.05, 0.1) is 18.3 Å². The molecule has 0 bridgehead atoms. The van der Waals surface area contributed by atoms with Crippen LogP contribution in [0.15, 0.2) is 60.9 Å². The Balaban J connectivity index is 1.30. The number of amides is 1. The van der Waals surface area contributed by atoms with Gasteiger partial charge in [-0.25, -0.2) is 0 Å². The normalized spacial score (nSPS) is 16.1. The molecule has 0 saturated carbocycles. The summed E-state index contributed by atoms with van der Waals surface area (Å²) in [5.74, 6) is 1.01. The molecule has 3 heterocycles. The Kier molecular flexibility index (Phi) is 5.63. The van der Waals surface area contributed by atoms with Crippen molar-refractivity contribution in [1.82, 2.24) is 14.8 Å². The van der Waals surface area contributed by atoms with Crippen LogP contribution in [0.5, 0.6) is 5.75 Å². The maximum Gasteiger partial charge on any atom is 0.256 e. The molecule has 0 radical (unpaired) electrons. The van der Waals surface area contributed by atoms with Crippen molar-refractivity contribution in [2.75, 3.05) is 18.5 Å². The van der Waals surface area contributed by atoms with Gasteiger partial charge in [-0.2, -0.15) is 5.10 Å². The highest BCUT2D eigenvalue weighted by molar-refractivity contribution is 6.03. The number of hydrogen-bond donors (Lipinski definition) is 1.